The Morgan fingerprint density at radius 1 is 0.661 bits per heavy atom. The van der Waals surface area contributed by atoms with Crippen LogP contribution in [0.3, 0.4) is 0 Å². The molecule has 0 bridgehead atoms. The average molecular weight is 809 g/mol. The third kappa shape index (κ3) is 5.20. The van der Waals surface area contributed by atoms with Crippen molar-refractivity contribution in [3.8, 4) is 33.0 Å². The minimum atomic E-state index is -0.158. The summed E-state index contributed by atoms with van der Waals surface area (Å²) in [4.78, 5) is 38.5. The summed E-state index contributed by atoms with van der Waals surface area (Å²) in [5.74, 6) is 0. The SMILES string of the molecule is [C-]#[N+]/C(C#N)=c1\s/c(=C\c2cc3c(s2)-c2cc4c(cc2C32CCCCC2)-c2sc(/C=c3\s/c(=C(\C#N)[N+]#[C-])n(CC)c3=O)cc2C42CCCCC2)c(=O)n1CC. The normalized spacial score (nSPS) is 18.8. The zero-order valence-electron chi connectivity index (χ0n) is 31.1. The highest BCUT2D eigenvalue weighted by Gasteiger charge is 2.50. The van der Waals surface area contributed by atoms with Gasteiger partial charge in [-0.1, -0.05) is 38.5 Å². The predicted octanol–water partition coefficient (Wildman–Crippen LogP) is 7.52. The van der Waals surface area contributed by atoms with Crippen LogP contribution < -0.4 is 29.5 Å². The molecule has 9 rings (SSSR count). The third-order valence-corrected chi connectivity index (χ3v) is 16.9. The maximum absolute atomic E-state index is 13.5. The minimum Gasteiger partial charge on any atom is -0.307 e. The first-order valence-electron chi connectivity index (χ1n) is 19.2. The molecule has 5 aromatic rings. The number of rotatable bonds is 4. The lowest BCUT2D eigenvalue weighted by molar-refractivity contribution is 0.350. The van der Waals surface area contributed by atoms with Crippen molar-refractivity contribution in [2.24, 2.45) is 0 Å². The molecule has 8 nitrogen and oxygen atoms in total. The summed E-state index contributed by atoms with van der Waals surface area (Å²) in [6.45, 7) is 19.5. The Morgan fingerprint density at radius 2 is 1.05 bits per heavy atom. The van der Waals surface area contributed by atoms with Gasteiger partial charge >= 0.3 is 0 Å². The van der Waals surface area contributed by atoms with E-state index in [4.69, 9.17) is 13.1 Å². The van der Waals surface area contributed by atoms with Crippen molar-refractivity contribution in [2.45, 2.75) is 102 Å². The number of thiophene rings is 2. The predicted molar refractivity (Wildman–Crippen MR) is 226 cm³/mol. The first-order valence-corrected chi connectivity index (χ1v) is 22.5. The van der Waals surface area contributed by atoms with E-state index in [1.54, 1.807) is 31.8 Å². The molecule has 4 aliphatic rings. The van der Waals surface area contributed by atoms with Crippen LogP contribution in [0.5, 0.6) is 0 Å². The Hall–Kier alpha value is -5.08. The van der Waals surface area contributed by atoms with Gasteiger partial charge in [-0.2, -0.15) is 0 Å². The second-order valence-electron chi connectivity index (χ2n) is 15.1. The van der Waals surface area contributed by atoms with E-state index < -0.39 is 0 Å². The van der Waals surface area contributed by atoms with Gasteiger partial charge in [0.15, 0.2) is 0 Å². The van der Waals surface area contributed by atoms with E-state index in [2.05, 4.69) is 34.0 Å². The molecule has 0 saturated heterocycles. The first kappa shape index (κ1) is 36.6. The number of hydrogen-bond acceptors (Lipinski definition) is 8. The number of nitrogens with zero attached hydrogens (tertiary/aromatic N) is 6. The van der Waals surface area contributed by atoms with Crippen molar-refractivity contribution in [1.82, 2.24) is 9.13 Å². The number of nitriles is 2. The van der Waals surface area contributed by atoms with Crippen molar-refractivity contribution in [3.63, 3.8) is 0 Å². The Labute approximate surface area is 339 Å². The molecular formula is C44H36N6O2S4. The number of aromatic nitrogens is 2. The van der Waals surface area contributed by atoms with Crippen LogP contribution in [0.4, 0.5) is 0 Å². The Kier molecular flexibility index (Phi) is 9.03. The largest absolute Gasteiger partial charge is 0.307 e. The van der Waals surface area contributed by atoms with E-state index in [0.717, 1.165) is 61.1 Å². The summed E-state index contributed by atoms with van der Waals surface area (Å²) < 4.78 is 5.02. The van der Waals surface area contributed by atoms with Crippen molar-refractivity contribution in [1.29, 1.82) is 10.5 Å². The molecule has 12 heteroatoms. The Balaban J connectivity index is 1.23. The molecular weight excluding hydrogens is 773 g/mol. The third-order valence-electron chi connectivity index (χ3n) is 12.5. The molecule has 2 spiro atoms. The van der Waals surface area contributed by atoms with E-state index >= 15 is 0 Å². The van der Waals surface area contributed by atoms with Gasteiger partial charge in [-0.25, -0.2) is 20.2 Å². The van der Waals surface area contributed by atoms with Crippen molar-refractivity contribution in [2.75, 3.05) is 0 Å². The van der Waals surface area contributed by atoms with E-state index in [1.165, 1.54) is 78.7 Å². The van der Waals surface area contributed by atoms with Crippen LogP contribution in [0.15, 0.2) is 33.9 Å². The van der Waals surface area contributed by atoms with Gasteiger partial charge in [0.2, 0.25) is 0 Å². The molecule has 2 saturated carbocycles. The molecule has 4 aliphatic carbocycles. The van der Waals surface area contributed by atoms with Gasteiger partial charge in [-0.15, -0.1) is 45.3 Å². The Bertz CT molecular complexity index is 2830. The summed E-state index contributed by atoms with van der Waals surface area (Å²) in [5.41, 5.74) is 7.65. The maximum atomic E-state index is 13.5. The van der Waals surface area contributed by atoms with Gasteiger partial charge in [-0.3, -0.25) is 9.59 Å². The molecule has 278 valence electrons. The second-order valence-corrected chi connectivity index (χ2v) is 19.3. The van der Waals surface area contributed by atoms with E-state index in [0.29, 0.717) is 31.5 Å². The van der Waals surface area contributed by atoms with Crippen LogP contribution >= 0.6 is 45.3 Å². The molecule has 2 fully saturated rings. The van der Waals surface area contributed by atoms with Gasteiger partial charge < -0.3 is 9.13 Å². The van der Waals surface area contributed by atoms with Crippen LogP contribution in [-0.2, 0) is 23.9 Å². The van der Waals surface area contributed by atoms with Crippen molar-refractivity contribution >= 4 is 68.9 Å². The summed E-state index contributed by atoms with van der Waals surface area (Å²) in [5, 5.41) is 19.2. The monoisotopic (exact) mass is 808 g/mol. The van der Waals surface area contributed by atoms with Crippen LogP contribution in [0.25, 0.3) is 54.1 Å². The topological polar surface area (TPSA) is 100 Å². The molecule has 4 aromatic heterocycles. The molecule has 4 heterocycles. The van der Waals surface area contributed by atoms with Crippen molar-refractivity contribution < 1.29 is 0 Å². The first-order chi connectivity index (χ1) is 27.2. The molecule has 0 N–H and O–H groups in total. The van der Waals surface area contributed by atoms with Crippen molar-refractivity contribution in [3.05, 3.63) is 118 Å². The number of hydrogen-bond donors (Lipinski definition) is 0. The number of fused-ring (bicyclic) bond motifs is 10. The standard InChI is InChI=1S/C44H36N6O2S4/c1-5-49-39(51)35(55-41(49)33(23-45)47-3)19-25-17-31-37(53-25)27-21-30-28(22-29(27)43(31)13-9-7-10-14-43)38-32(44(30)15-11-8-12-16-44)18-26(54-38)20-36-40(52)50(6-2)42(56-36)34(24-46)48-4/h17-22H,5-16H2,1-2H3/b35-19-,36-20-,41-33-,42-34+. The summed E-state index contributed by atoms with van der Waals surface area (Å²) in [6, 6.07) is 13.6. The smallest absolute Gasteiger partial charge is 0.294 e. The molecule has 0 aliphatic heterocycles. The Morgan fingerprint density at radius 3 is 1.39 bits per heavy atom. The zero-order valence-corrected chi connectivity index (χ0v) is 34.3. The highest BCUT2D eigenvalue weighted by molar-refractivity contribution is 7.17. The maximum Gasteiger partial charge on any atom is 0.294 e. The van der Waals surface area contributed by atoms with E-state index in [-0.39, 0.29) is 33.3 Å². The number of thiazole rings is 2. The quantitative estimate of drug-likeness (QED) is 0.176. The lowest BCUT2D eigenvalue weighted by atomic mass is 9.66. The minimum absolute atomic E-state index is 0.0497. The van der Waals surface area contributed by atoms with Gasteiger partial charge in [0.05, 0.1) is 34.3 Å². The van der Waals surface area contributed by atoms with Crippen LogP contribution in [0.1, 0.15) is 110 Å². The lowest BCUT2D eigenvalue weighted by Gasteiger charge is -2.37. The van der Waals surface area contributed by atoms with E-state index in [1.807, 2.05) is 38.1 Å². The average Bonchev–Trinajstić information content (AvgIpc) is 4.05. The highest BCUT2D eigenvalue weighted by Crippen LogP contribution is 2.64. The van der Waals surface area contributed by atoms with Gasteiger partial charge in [0, 0.05) is 43.4 Å². The molecule has 0 radical (unpaired) electrons. The molecule has 56 heavy (non-hydrogen) atoms. The fourth-order valence-electron chi connectivity index (χ4n) is 9.98. The van der Waals surface area contributed by atoms with Crippen LogP contribution in [0.2, 0.25) is 0 Å². The molecule has 0 unspecified atom stereocenters. The van der Waals surface area contributed by atoms with Gasteiger partial charge in [-0.05, 0) is 109 Å². The summed E-state index contributed by atoms with van der Waals surface area (Å²) >= 11 is 5.98. The van der Waals surface area contributed by atoms with Crippen LogP contribution in [-0.4, -0.2) is 9.13 Å². The summed E-state index contributed by atoms with van der Waals surface area (Å²) in [6.07, 6.45) is 15.3. The van der Waals surface area contributed by atoms with Crippen LogP contribution in [0, 0.1) is 35.8 Å². The number of benzene rings is 1. The summed E-state index contributed by atoms with van der Waals surface area (Å²) in [7, 11) is 0. The highest BCUT2D eigenvalue weighted by atomic mass is 32.1. The zero-order chi connectivity index (χ0) is 38.9. The lowest BCUT2D eigenvalue weighted by Crippen LogP contribution is -2.31. The molecule has 0 amide bonds. The van der Waals surface area contributed by atoms with Gasteiger partial charge in [0.1, 0.15) is 9.33 Å². The van der Waals surface area contributed by atoms with E-state index in [9.17, 15) is 20.1 Å². The fourth-order valence-corrected chi connectivity index (χ4v) is 14.8. The van der Waals surface area contributed by atoms with Gasteiger partial charge in [0.25, 0.3) is 22.5 Å². The second kappa shape index (κ2) is 13.8. The molecule has 1 aromatic carbocycles. The molecule has 0 atom stereocenters. The fraction of sp³-hybridized carbons (Fsp3) is 0.364.